The van der Waals surface area contributed by atoms with E-state index in [2.05, 4.69) is 240 Å². The van der Waals surface area contributed by atoms with Gasteiger partial charge < -0.3 is 9.80 Å². The number of benzene rings is 9. The Kier molecular flexibility index (Phi) is 8.33. The molecule has 2 nitrogen and oxygen atoms in total. The maximum absolute atomic E-state index is 2.54. The summed E-state index contributed by atoms with van der Waals surface area (Å²) in [5.41, 5.74) is 17.1. The number of anilines is 5. The SMILES string of the molecule is C1=CC2c3ccccc3N(c3ccc(-c4ccc(N(c5ccc(-c6cccc7ccccc67)cc5)c5ccccc5-c5ccccc5)cc4)cc3)C2c2ccccc21. The van der Waals surface area contributed by atoms with E-state index in [0.717, 1.165) is 17.1 Å². The summed E-state index contributed by atoms with van der Waals surface area (Å²) in [4.78, 5) is 4.93. The van der Waals surface area contributed by atoms with Gasteiger partial charge in [-0.05, 0) is 104 Å². The average molecular weight is 741 g/mol. The molecule has 0 saturated carbocycles. The van der Waals surface area contributed by atoms with E-state index in [4.69, 9.17) is 0 Å². The van der Waals surface area contributed by atoms with Gasteiger partial charge in [0.1, 0.15) is 0 Å². The Morgan fingerprint density at radius 1 is 0.397 bits per heavy atom. The van der Waals surface area contributed by atoms with E-state index in [9.17, 15) is 0 Å². The Bertz CT molecular complexity index is 2940. The molecule has 11 rings (SSSR count). The standard InChI is InChI=1S/C56H40N2/c1-2-13-42(14-3-1)50-19-8-10-23-54(50)57(46-36-29-44(30-37-46)49-22-12-17-41-15-4-6-18-48(41)49)45-32-25-39(26-33-45)40-27-34-47(35-28-40)58-55-24-11-9-21-52(55)53-38-31-43-16-5-7-20-51(43)56(53)58/h1-38,53,56H. The van der Waals surface area contributed by atoms with Crippen molar-refractivity contribution in [3.05, 3.63) is 241 Å². The van der Waals surface area contributed by atoms with Gasteiger partial charge >= 0.3 is 0 Å². The first kappa shape index (κ1) is 33.9. The fourth-order valence-corrected chi connectivity index (χ4v) is 9.29. The molecule has 2 aliphatic rings. The summed E-state index contributed by atoms with van der Waals surface area (Å²) in [6.07, 6.45) is 4.69. The van der Waals surface area contributed by atoms with Crippen LogP contribution in [-0.2, 0) is 0 Å². The zero-order valence-corrected chi connectivity index (χ0v) is 32.0. The highest BCUT2D eigenvalue weighted by Crippen LogP contribution is 2.55. The maximum Gasteiger partial charge on any atom is 0.0701 e. The first-order valence-electron chi connectivity index (χ1n) is 20.2. The van der Waals surface area contributed by atoms with Gasteiger partial charge in [-0.25, -0.2) is 0 Å². The van der Waals surface area contributed by atoms with Crippen LogP contribution in [0.4, 0.5) is 28.4 Å². The Morgan fingerprint density at radius 3 is 1.76 bits per heavy atom. The molecule has 58 heavy (non-hydrogen) atoms. The van der Waals surface area contributed by atoms with Gasteiger partial charge in [-0.2, -0.15) is 0 Å². The van der Waals surface area contributed by atoms with Gasteiger partial charge in [0.15, 0.2) is 0 Å². The Hall–Kier alpha value is -7.42. The van der Waals surface area contributed by atoms with E-state index < -0.39 is 0 Å². The van der Waals surface area contributed by atoms with E-state index in [1.165, 1.54) is 72.2 Å². The van der Waals surface area contributed by atoms with Crippen LogP contribution >= 0.6 is 0 Å². The van der Waals surface area contributed by atoms with Crippen molar-refractivity contribution in [3.63, 3.8) is 0 Å². The smallest absolute Gasteiger partial charge is 0.0701 e. The number of fused-ring (bicyclic) bond motifs is 6. The van der Waals surface area contributed by atoms with Crippen molar-refractivity contribution in [1.29, 1.82) is 0 Å². The number of hydrogen-bond acceptors (Lipinski definition) is 2. The zero-order chi connectivity index (χ0) is 38.4. The summed E-state index contributed by atoms with van der Waals surface area (Å²) in [7, 11) is 0. The summed E-state index contributed by atoms with van der Waals surface area (Å²) in [6.45, 7) is 0. The number of nitrogens with zero attached hydrogens (tertiary/aromatic N) is 2. The topological polar surface area (TPSA) is 6.48 Å². The van der Waals surface area contributed by atoms with E-state index in [1.54, 1.807) is 0 Å². The molecule has 9 aromatic rings. The fraction of sp³-hybridized carbons (Fsp3) is 0.0357. The summed E-state index contributed by atoms with van der Waals surface area (Å²) >= 11 is 0. The normalized spacial score (nSPS) is 15.1. The van der Waals surface area contributed by atoms with Crippen molar-refractivity contribution < 1.29 is 0 Å². The lowest BCUT2D eigenvalue weighted by Crippen LogP contribution is -2.23. The molecule has 0 spiro atoms. The average Bonchev–Trinajstić information content (AvgIpc) is 3.65. The highest BCUT2D eigenvalue weighted by molar-refractivity contribution is 5.97. The van der Waals surface area contributed by atoms with Crippen LogP contribution in [0.15, 0.2) is 224 Å². The Morgan fingerprint density at radius 2 is 0.966 bits per heavy atom. The molecule has 0 aromatic heterocycles. The van der Waals surface area contributed by atoms with Crippen molar-refractivity contribution in [2.24, 2.45) is 0 Å². The lowest BCUT2D eigenvalue weighted by Gasteiger charge is -2.33. The highest BCUT2D eigenvalue weighted by atomic mass is 15.2. The summed E-state index contributed by atoms with van der Waals surface area (Å²) < 4.78 is 0. The van der Waals surface area contributed by atoms with Crippen LogP contribution in [-0.4, -0.2) is 0 Å². The van der Waals surface area contributed by atoms with Crippen LogP contribution < -0.4 is 9.80 Å². The van der Waals surface area contributed by atoms with Crippen molar-refractivity contribution in [2.45, 2.75) is 12.0 Å². The largest absolute Gasteiger partial charge is 0.333 e. The maximum atomic E-state index is 2.54. The minimum Gasteiger partial charge on any atom is -0.333 e. The van der Waals surface area contributed by atoms with Crippen LogP contribution in [0.3, 0.4) is 0 Å². The molecule has 0 amide bonds. The number of rotatable bonds is 7. The molecule has 0 saturated heterocycles. The Labute approximate surface area is 340 Å². The van der Waals surface area contributed by atoms with Gasteiger partial charge in [0.05, 0.1) is 11.7 Å². The molecule has 1 aliphatic carbocycles. The Balaban J connectivity index is 0.951. The zero-order valence-electron chi connectivity index (χ0n) is 32.0. The van der Waals surface area contributed by atoms with Gasteiger partial charge in [0.25, 0.3) is 0 Å². The molecule has 9 aromatic carbocycles. The van der Waals surface area contributed by atoms with Crippen LogP contribution in [0.5, 0.6) is 0 Å². The van der Waals surface area contributed by atoms with Crippen LogP contribution in [0.1, 0.15) is 28.7 Å². The molecular formula is C56H40N2. The van der Waals surface area contributed by atoms with Gasteiger partial charge in [-0.1, -0.05) is 182 Å². The third-order valence-electron chi connectivity index (χ3n) is 12.0. The van der Waals surface area contributed by atoms with Crippen molar-refractivity contribution in [1.82, 2.24) is 0 Å². The first-order valence-corrected chi connectivity index (χ1v) is 20.2. The molecule has 2 unspecified atom stereocenters. The predicted octanol–water partition coefficient (Wildman–Crippen LogP) is 15.3. The minimum atomic E-state index is 0.231. The molecule has 1 heterocycles. The second kappa shape index (κ2) is 14.3. The van der Waals surface area contributed by atoms with E-state index in [1.807, 2.05) is 0 Å². The molecule has 274 valence electrons. The minimum absolute atomic E-state index is 0.231. The summed E-state index contributed by atoms with van der Waals surface area (Å²) in [5.74, 6) is 0.322. The molecule has 0 N–H and O–H groups in total. The molecular weight excluding hydrogens is 701 g/mol. The van der Waals surface area contributed by atoms with E-state index in [0.29, 0.717) is 5.92 Å². The van der Waals surface area contributed by atoms with Crippen molar-refractivity contribution >= 4 is 45.3 Å². The molecule has 2 atom stereocenters. The highest BCUT2D eigenvalue weighted by Gasteiger charge is 2.41. The van der Waals surface area contributed by atoms with Crippen LogP contribution in [0, 0.1) is 0 Å². The number of para-hydroxylation sites is 2. The van der Waals surface area contributed by atoms with Crippen LogP contribution in [0.2, 0.25) is 0 Å². The van der Waals surface area contributed by atoms with E-state index in [-0.39, 0.29) is 6.04 Å². The first-order chi connectivity index (χ1) is 28.8. The summed E-state index contributed by atoms with van der Waals surface area (Å²) in [6, 6.07) is 79.8. The fourth-order valence-electron chi connectivity index (χ4n) is 9.29. The lowest BCUT2D eigenvalue weighted by atomic mass is 9.83. The summed E-state index contributed by atoms with van der Waals surface area (Å²) in [5, 5.41) is 2.51. The third-order valence-corrected chi connectivity index (χ3v) is 12.0. The monoisotopic (exact) mass is 740 g/mol. The molecule has 0 radical (unpaired) electrons. The van der Waals surface area contributed by atoms with Gasteiger partial charge in [0.2, 0.25) is 0 Å². The molecule has 1 aliphatic heterocycles. The quantitative estimate of drug-likeness (QED) is 0.161. The van der Waals surface area contributed by atoms with Gasteiger partial charge in [0, 0.05) is 34.2 Å². The van der Waals surface area contributed by atoms with Crippen molar-refractivity contribution in [3.8, 4) is 33.4 Å². The molecule has 0 fully saturated rings. The molecule has 2 heteroatoms. The van der Waals surface area contributed by atoms with Gasteiger partial charge in [-0.15, -0.1) is 0 Å². The lowest BCUT2D eigenvalue weighted by molar-refractivity contribution is 0.667. The van der Waals surface area contributed by atoms with E-state index >= 15 is 0 Å². The molecule has 0 bridgehead atoms. The predicted molar refractivity (Wildman–Crippen MR) is 244 cm³/mol. The van der Waals surface area contributed by atoms with Gasteiger partial charge in [-0.3, -0.25) is 0 Å². The second-order valence-electron chi connectivity index (χ2n) is 15.3. The van der Waals surface area contributed by atoms with Crippen LogP contribution in [0.25, 0.3) is 50.2 Å². The third kappa shape index (κ3) is 5.81. The second-order valence-corrected chi connectivity index (χ2v) is 15.3. The van der Waals surface area contributed by atoms with Crippen molar-refractivity contribution in [2.75, 3.05) is 9.80 Å². The number of hydrogen-bond donors (Lipinski definition) is 0.